The Labute approximate surface area is 182 Å². The molecule has 17 heavy (non-hydrogen) atoms. The first kappa shape index (κ1) is 37.1. The number of rotatable bonds is 0. The van der Waals surface area contributed by atoms with Crippen molar-refractivity contribution >= 4 is 9.05 Å². The van der Waals surface area contributed by atoms with Crippen LogP contribution >= 0.6 is 0 Å². The van der Waals surface area contributed by atoms with Crippen LogP contribution in [0.1, 0.15) is 0 Å². The minimum atomic E-state index is -6.06. The summed E-state index contributed by atoms with van der Waals surface area (Å²) in [5.41, 5.74) is 0. The third-order valence-corrected chi connectivity index (χ3v) is 0.321. The first-order valence-electron chi connectivity index (χ1n) is 2.20. The molecular weight excluding hydrogens is 322 g/mol. The van der Waals surface area contributed by atoms with Crippen LogP contribution in [0.25, 0.3) is 0 Å². The first-order valence-corrected chi connectivity index (χ1v) is 3.83. The smallest absolute Gasteiger partial charge is 0.894 e. The predicted octanol–water partition coefficient (Wildman–Crippen LogP) is -15.0. The molecule has 15 heteroatoms. The van der Waals surface area contributed by atoms with Crippen molar-refractivity contribution in [2.75, 3.05) is 0 Å². The van der Waals surface area contributed by atoms with Crippen LogP contribution in [0.2, 0.25) is 0 Å². The van der Waals surface area contributed by atoms with Crippen molar-refractivity contribution in [1.82, 2.24) is 0 Å². The first-order chi connectivity index (χ1) is 5.25. The third kappa shape index (κ3) is 38.3. The molecular formula is C2F6Na4O4Si. The molecule has 4 nitrogen and oxygen atoms in total. The van der Waals surface area contributed by atoms with Gasteiger partial charge in [-0.2, -0.15) is 26.3 Å². The van der Waals surface area contributed by atoms with Crippen LogP contribution in [0.4, 0.5) is 26.3 Å². The maximum atomic E-state index is 10.4. The van der Waals surface area contributed by atoms with Gasteiger partial charge in [0.2, 0.25) is 0 Å². The SMILES string of the molecule is FC(F)(F)C(F)(F)F.[Na+].[Na+].[Na+].[Na+].[O-][Si]([O-])([O-])[O-]. The van der Waals surface area contributed by atoms with E-state index in [0.717, 1.165) is 0 Å². The molecule has 0 saturated carbocycles. The van der Waals surface area contributed by atoms with Crippen molar-refractivity contribution in [2.24, 2.45) is 0 Å². The Morgan fingerprint density at radius 1 is 0.529 bits per heavy atom. The average Bonchev–Trinajstić information content (AvgIpc) is 1.50. The zero-order valence-corrected chi connectivity index (χ0v) is 18.4. The zero-order valence-electron chi connectivity index (χ0n) is 9.40. The second kappa shape index (κ2) is 14.6. The molecule has 0 spiro atoms. The summed E-state index contributed by atoms with van der Waals surface area (Å²) in [6, 6.07) is 0. The molecule has 0 bridgehead atoms. The molecule has 0 radical (unpaired) electrons. The van der Waals surface area contributed by atoms with Gasteiger partial charge in [-0.05, 0) is 0 Å². The van der Waals surface area contributed by atoms with E-state index in [1.54, 1.807) is 0 Å². The van der Waals surface area contributed by atoms with E-state index in [1.807, 2.05) is 0 Å². The Kier molecular flexibility index (Phi) is 31.8. The number of hydrogen-bond acceptors (Lipinski definition) is 4. The maximum Gasteiger partial charge on any atom is 1.00 e. The number of alkyl halides is 6. The van der Waals surface area contributed by atoms with Gasteiger partial charge in [-0.1, -0.05) is 0 Å². The molecule has 0 aliphatic rings. The fourth-order valence-electron chi connectivity index (χ4n) is 0. The molecule has 0 rings (SSSR count). The molecule has 0 aromatic carbocycles. The zero-order chi connectivity index (χ0) is 11.5. The molecule has 0 N–H and O–H groups in total. The Morgan fingerprint density at radius 2 is 0.588 bits per heavy atom. The van der Waals surface area contributed by atoms with E-state index in [1.165, 1.54) is 0 Å². The second-order valence-electron chi connectivity index (χ2n) is 1.50. The summed E-state index contributed by atoms with van der Waals surface area (Å²) in [6.45, 7) is 0. The van der Waals surface area contributed by atoms with Crippen LogP contribution in [-0.4, -0.2) is 21.4 Å². The van der Waals surface area contributed by atoms with E-state index in [0.29, 0.717) is 0 Å². The predicted molar refractivity (Wildman–Crippen MR) is 17.9 cm³/mol. The van der Waals surface area contributed by atoms with E-state index < -0.39 is 21.4 Å². The molecule has 0 aliphatic carbocycles. The van der Waals surface area contributed by atoms with Crippen molar-refractivity contribution in [3.8, 4) is 0 Å². The van der Waals surface area contributed by atoms with E-state index in [4.69, 9.17) is 19.2 Å². The summed E-state index contributed by atoms with van der Waals surface area (Å²) >= 11 is 0. The van der Waals surface area contributed by atoms with E-state index in [-0.39, 0.29) is 118 Å². The topological polar surface area (TPSA) is 92.2 Å². The fourth-order valence-corrected chi connectivity index (χ4v) is 0. The van der Waals surface area contributed by atoms with Crippen LogP contribution in [0.15, 0.2) is 0 Å². The molecule has 0 aliphatic heterocycles. The third-order valence-electron chi connectivity index (χ3n) is 0.321. The molecule has 0 saturated heterocycles. The largest absolute Gasteiger partial charge is 1.00 e. The van der Waals surface area contributed by atoms with Gasteiger partial charge >= 0.3 is 131 Å². The Hall–Kier alpha value is 3.64. The van der Waals surface area contributed by atoms with E-state index >= 15 is 0 Å². The van der Waals surface area contributed by atoms with Crippen LogP contribution in [0, 0.1) is 0 Å². The standard InChI is InChI=1S/C2F6.4Na.O4Si/c3-1(4,5)2(6,7)8;;;;;1-5(2,3)4/q;4*+1;-4. The molecule has 0 unspecified atom stereocenters. The van der Waals surface area contributed by atoms with Crippen molar-refractivity contribution in [3.05, 3.63) is 0 Å². The average molecular weight is 322 g/mol. The summed E-state index contributed by atoms with van der Waals surface area (Å²) in [5.74, 6) is 0. The van der Waals surface area contributed by atoms with Gasteiger partial charge < -0.3 is 28.2 Å². The van der Waals surface area contributed by atoms with Crippen LogP contribution in [-0.2, 0) is 0 Å². The molecule has 82 valence electrons. The minimum Gasteiger partial charge on any atom is -0.894 e. The van der Waals surface area contributed by atoms with Gasteiger partial charge in [0.1, 0.15) is 0 Å². The summed E-state index contributed by atoms with van der Waals surface area (Å²) in [6.07, 6.45) is -12.1. The summed E-state index contributed by atoms with van der Waals surface area (Å²) < 4.78 is 62.6. The molecule has 0 aromatic heterocycles. The molecule has 0 atom stereocenters. The maximum absolute atomic E-state index is 10.4. The van der Waals surface area contributed by atoms with Crippen molar-refractivity contribution < 1.29 is 164 Å². The summed E-state index contributed by atoms with van der Waals surface area (Å²) in [4.78, 5) is 34.3. The van der Waals surface area contributed by atoms with E-state index in [9.17, 15) is 26.3 Å². The van der Waals surface area contributed by atoms with Crippen molar-refractivity contribution in [2.45, 2.75) is 12.4 Å². The van der Waals surface area contributed by atoms with E-state index in [2.05, 4.69) is 0 Å². The van der Waals surface area contributed by atoms with Gasteiger partial charge in [-0.3, -0.25) is 0 Å². The minimum absolute atomic E-state index is 0. The number of halogens is 6. The normalized spacial score (nSPS) is 10.2. The summed E-state index contributed by atoms with van der Waals surface area (Å²) in [7, 11) is -5.61. The van der Waals surface area contributed by atoms with Gasteiger partial charge in [-0.25, -0.2) is 0 Å². The summed E-state index contributed by atoms with van der Waals surface area (Å²) in [5, 5.41) is 0. The van der Waals surface area contributed by atoms with Crippen molar-refractivity contribution in [3.63, 3.8) is 0 Å². The van der Waals surface area contributed by atoms with Crippen LogP contribution in [0.5, 0.6) is 0 Å². The molecule has 0 fully saturated rings. The fraction of sp³-hybridized carbons (Fsp3) is 1.00. The van der Waals surface area contributed by atoms with Gasteiger partial charge in [0.25, 0.3) is 0 Å². The Morgan fingerprint density at radius 3 is 0.588 bits per heavy atom. The van der Waals surface area contributed by atoms with Crippen LogP contribution < -0.4 is 137 Å². The molecule has 0 aromatic rings. The van der Waals surface area contributed by atoms with Crippen molar-refractivity contribution in [1.29, 1.82) is 0 Å². The molecule has 0 amide bonds. The number of hydrogen-bond donors (Lipinski definition) is 0. The molecule has 0 heterocycles. The monoisotopic (exact) mass is 322 g/mol. The van der Waals surface area contributed by atoms with Gasteiger partial charge in [0, 0.05) is 0 Å². The quantitative estimate of drug-likeness (QED) is 0.327. The second-order valence-corrected chi connectivity index (χ2v) is 2.50. The van der Waals surface area contributed by atoms with Gasteiger partial charge in [-0.15, -0.1) is 0 Å². The van der Waals surface area contributed by atoms with Gasteiger partial charge in [0.15, 0.2) is 0 Å². The van der Waals surface area contributed by atoms with Gasteiger partial charge in [0.05, 0.1) is 0 Å². The van der Waals surface area contributed by atoms with Crippen LogP contribution in [0.3, 0.4) is 0 Å². The Balaban J connectivity index is -0.0000000306. The Bertz CT molecular complexity index is 140.